The summed E-state index contributed by atoms with van der Waals surface area (Å²) in [5.41, 5.74) is 4.54. The predicted molar refractivity (Wildman–Crippen MR) is 52.5 cm³/mol. The van der Waals surface area contributed by atoms with Crippen LogP contribution in [0.3, 0.4) is 0 Å². The third kappa shape index (κ3) is 5.53. The summed E-state index contributed by atoms with van der Waals surface area (Å²) >= 11 is 0. The van der Waals surface area contributed by atoms with Gasteiger partial charge >= 0.3 is 5.97 Å². The fourth-order valence-corrected chi connectivity index (χ4v) is 0.749. The molecule has 0 bridgehead atoms. The van der Waals surface area contributed by atoms with Crippen LogP contribution in [0.2, 0.25) is 0 Å². The van der Waals surface area contributed by atoms with Crippen LogP contribution in [-0.4, -0.2) is 30.1 Å². The van der Waals surface area contributed by atoms with Crippen molar-refractivity contribution in [1.29, 1.82) is 0 Å². The summed E-state index contributed by atoms with van der Waals surface area (Å²) in [6, 6.07) is -0.662. The van der Waals surface area contributed by atoms with Crippen LogP contribution in [0.1, 0.15) is 27.7 Å². The van der Waals surface area contributed by atoms with Crippen molar-refractivity contribution in [2.24, 2.45) is 5.73 Å². The van der Waals surface area contributed by atoms with Gasteiger partial charge in [0.15, 0.2) is 0 Å². The Morgan fingerprint density at radius 1 is 1.43 bits per heavy atom. The van der Waals surface area contributed by atoms with E-state index < -0.39 is 17.6 Å². The molecule has 0 heterocycles. The van der Waals surface area contributed by atoms with E-state index in [1.807, 2.05) is 0 Å². The van der Waals surface area contributed by atoms with Gasteiger partial charge in [0, 0.05) is 0 Å². The molecule has 0 aromatic rings. The molecule has 0 rings (SSSR count). The average Bonchev–Trinajstić information content (AvgIpc) is 2.00. The van der Waals surface area contributed by atoms with Gasteiger partial charge in [0.25, 0.3) is 0 Å². The molecule has 3 N–H and O–H groups in total. The van der Waals surface area contributed by atoms with Gasteiger partial charge in [-0.25, -0.2) is 4.79 Å². The molecular formula is C9H18N2O3. The van der Waals surface area contributed by atoms with E-state index in [9.17, 15) is 9.59 Å². The van der Waals surface area contributed by atoms with Gasteiger partial charge in [-0.3, -0.25) is 4.79 Å². The van der Waals surface area contributed by atoms with E-state index in [1.54, 1.807) is 27.7 Å². The van der Waals surface area contributed by atoms with E-state index in [1.165, 1.54) is 0 Å². The number of esters is 1. The summed E-state index contributed by atoms with van der Waals surface area (Å²) < 4.78 is 5.05. The minimum absolute atomic E-state index is 0.132. The van der Waals surface area contributed by atoms with E-state index in [2.05, 4.69) is 5.32 Å². The Kier molecular flexibility index (Phi) is 4.56. The van der Waals surface area contributed by atoms with Crippen molar-refractivity contribution in [3.63, 3.8) is 0 Å². The van der Waals surface area contributed by atoms with Gasteiger partial charge < -0.3 is 15.8 Å². The van der Waals surface area contributed by atoms with Crippen LogP contribution in [-0.2, 0) is 14.3 Å². The molecule has 0 fully saturated rings. The van der Waals surface area contributed by atoms with Gasteiger partial charge in [-0.1, -0.05) is 0 Å². The van der Waals surface area contributed by atoms with Crippen molar-refractivity contribution in [2.75, 3.05) is 6.54 Å². The normalized spacial score (nSPS) is 13.2. The number of amides is 1. The average molecular weight is 202 g/mol. The fraction of sp³-hybridized carbons (Fsp3) is 0.778. The molecule has 0 aliphatic carbocycles. The maximum absolute atomic E-state index is 11.3. The lowest BCUT2D eigenvalue weighted by Crippen LogP contribution is -2.44. The van der Waals surface area contributed by atoms with Crippen LogP contribution in [0.5, 0.6) is 0 Å². The summed E-state index contributed by atoms with van der Waals surface area (Å²) in [5, 5.41) is 2.41. The van der Waals surface area contributed by atoms with E-state index in [4.69, 9.17) is 10.5 Å². The molecule has 0 aliphatic heterocycles. The number of rotatable bonds is 3. The molecule has 0 aliphatic rings. The van der Waals surface area contributed by atoms with Crippen molar-refractivity contribution >= 4 is 11.9 Å². The van der Waals surface area contributed by atoms with Crippen LogP contribution in [0.4, 0.5) is 0 Å². The first-order chi connectivity index (χ1) is 6.26. The van der Waals surface area contributed by atoms with E-state index in [-0.39, 0.29) is 12.5 Å². The molecule has 82 valence electrons. The van der Waals surface area contributed by atoms with Crippen molar-refractivity contribution < 1.29 is 14.3 Å². The molecule has 0 saturated carbocycles. The second-order valence-electron chi connectivity index (χ2n) is 4.03. The summed E-state index contributed by atoms with van der Waals surface area (Å²) in [6.07, 6.45) is 0. The highest BCUT2D eigenvalue weighted by molar-refractivity contribution is 5.85. The first kappa shape index (κ1) is 12.9. The number of nitrogens with one attached hydrogen (secondary N) is 1. The van der Waals surface area contributed by atoms with E-state index in [0.717, 1.165) is 0 Å². The predicted octanol–water partition coefficient (Wildman–Crippen LogP) is -0.208. The SMILES string of the molecule is CC(NC(=O)CN)C(=O)OC(C)(C)C. The minimum atomic E-state index is -0.662. The molecular weight excluding hydrogens is 184 g/mol. The molecule has 0 radical (unpaired) electrons. The van der Waals surface area contributed by atoms with Crippen LogP contribution >= 0.6 is 0 Å². The zero-order valence-corrected chi connectivity index (χ0v) is 9.09. The third-order valence-corrected chi connectivity index (χ3v) is 1.32. The van der Waals surface area contributed by atoms with Crippen LogP contribution in [0.25, 0.3) is 0 Å². The number of hydrogen-bond donors (Lipinski definition) is 2. The zero-order valence-electron chi connectivity index (χ0n) is 9.09. The van der Waals surface area contributed by atoms with Crippen molar-refractivity contribution in [3.8, 4) is 0 Å². The Labute approximate surface area is 84.0 Å². The quantitative estimate of drug-likeness (QED) is 0.620. The summed E-state index contributed by atoms with van der Waals surface area (Å²) in [4.78, 5) is 22.2. The minimum Gasteiger partial charge on any atom is -0.458 e. The Hall–Kier alpha value is -1.10. The van der Waals surface area contributed by atoms with Gasteiger partial charge in [0.05, 0.1) is 6.54 Å². The van der Waals surface area contributed by atoms with E-state index in [0.29, 0.717) is 0 Å². The Bertz CT molecular complexity index is 221. The second-order valence-corrected chi connectivity index (χ2v) is 4.03. The standard InChI is InChI=1S/C9H18N2O3/c1-6(11-7(12)5-10)8(13)14-9(2,3)4/h6H,5,10H2,1-4H3,(H,11,12). The molecule has 0 aromatic carbocycles. The molecule has 5 nitrogen and oxygen atoms in total. The first-order valence-electron chi connectivity index (χ1n) is 4.48. The molecule has 0 saturated heterocycles. The van der Waals surface area contributed by atoms with Gasteiger partial charge in [-0.2, -0.15) is 0 Å². The summed E-state index contributed by atoms with van der Waals surface area (Å²) in [6.45, 7) is 6.72. The molecule has 5 heteroatoms. The highest BCUT2D eigenvalue weighted by Crippen LogP contribution is 2.07. The van der Waals surface area contributed by atoms with Gasteiger partial charge in [-0.05, 0) is 27.7 Å². The van der Waals surface area contributed by atoms with Crippen LogP contribution < -0.4 is 11.1 Å². The Balaban J connectivity index is 4.07. The lowest BCUT2D eigenvalue weighted by atomic mass is 10.2. The zero-order chi connectivity index (χ0) is 11.4. The molecule has 1 unspecified atom stereocenters. The molecule has 0 spiro atoms. The van der Waals surface area contributed by atoms with Gasteiger partial charge in [0.1, 0.15) is 11.6 Å². The molecule has 1 amide bonds. The Morgan fingerprint density at radius 3 is 2.29 bits per heavy atom. The lowest BCUT2D eigenvalue weighted by molar-refractivity contribution is -0.158. The first-order valence-corrected chi connectivity index (χ1v) is 4.48. The van der Waals surface area contributed by atoms with Crippen LogP contribution in [0, 0.1) is 0 Å². The van der Waals surface area contributed by atoms with Crippen molar-refractivity contribution in [3.05, 3.63) is 0 Å². The maximum Gasteiger partial charge on any atom is 0.328 e. The molecule has 1 atom stereocenters. The summed E-state index contributed by atoms with van der Waals surface area (Å²) in [7, 11) is 0. The summed E-state index contributed by atoms with van der Waals surface area (Å²) in [5.74, 6) is -0.831. The second kappa shape index (κ2) is 4.95. The highest BCUT2D eigenvalue weighted by atomic mass is 16.6. The number of nitrogens with two attached hydrogens (primary N) is 1. The highest BCUT2D eigenvalue weighted by Gasteiger charge is 2.22. The maximum atomic E-state index is 11.3. The van der Waals surface area contributed by atoms with Crippen molar-refractivity contribution in [2.45, 2.75) is 39.3 Å². The Morgan fingerprint density at radius 2 is 1.93 bits per heavy atom. The molecule has 0 aromatic heterocycles. The van der Waals surface area contributed by atoms with E-state index >= 15 is 0 Å². The molecule has 14 heavy (non-hydrogen) atoms. The van der Waals surface area contributed by atoms with Gasteiger partial charge in [-0.15, -0.1) is 0 Å². The smallest absolute Gasteiger partial charge is 0.328 e. The monoisotopic (exact) mass is 202 g/mol. The number of ether oxygens (including phenoxy) is 1. The van der Waals surface area contributed by atoms with Crippen molar-refractivity contribution in [1.82, 2.24) is 5.32 Å². The fourth-order valence-electron chi connectivity index (χ4n) is 0.749. The van der Waals surface area contributed by atoms with Crippen LogP contribution in [0.15, 0.2) is 0 Å². The number of hydrogen-bond acceptors (Lipinski definition) is 4. The topological polar surface area (TPSA) is 81.4 Å². The van der Waals surface area contributed by atoms with Gasteiger partial charge in [0.2, 0.25) is 5.91 Å². The lowest BCUT2D eigenvalue weighted by Gasteiger charge is -2.22. The largest absolute Gasteiger partial charge is 0.458 e. The number of carbonyl (C=O) groups is 2. The third-order valence-electron chi connectivity index (χ3n) is 1.32. The number of carbonyl (C=O) groups excluding carboxylic acids is 2.